The Kier molecular flexibility index (Phi) is 4.15. The van der Waals surface area contributed by atoms with Crippen molar-refractivity contribution in [2.24, 2.45) is 7.05 Å². The second-order valence-electron chi connectivity index (χ2n) is 5.57. The molecule has 0 spiro atoms. The van der Waals surface area contributed by atoms with E-state index in [-0.39, 0.29) is 11.3 Å². The second kappa shape index (κ2) is 6.26. The third-order valence-electron chi connectivity index (χ3n) is 4.02. The van der Waals surface area contributed by atoms with Crippen molar-refractivity contribution in [1.29, 1.82) is 0 Å². The maximum atomic E-state index is 14.0. The van der Waals surface area contributed by atoms with Crippen LogP contribution in [0.15, 0.2) is 30.6 Å². The Hall–Kier alpha value is -2.97. The van der Waals surface area contributed by atoms with E-state index >= 15 is 0 Å². The smallest absolute Gasteiger partial charge is 0.272 e. The molecule has 1 aromatic carbocycles. The van der Waals surface area contributed by atoms with Gasteiger partial charge in [0.1, 0.15) is 5.82 Å². The largest absolute Gasteiger partial charge is 0.365 e. The van der Waals surface area contributed by atoms with Crippen molar-refractivity contribution in [3.63, 3.8) is 0 Å². The fourth-order valence-corrected chi connectivity index (χ4v) is 2.70. The molecule has 126 valence electrons. The van der Waals surface area contributed by atoms with E-state index in [0.717, 1.165) is 17.8 Å². The molecule has 0 atom stereocenters. The van der Waals surface area contributed by atoms with Crippen molar-refractivity contribution in [3.05, 3.63) is 52.1 Å². The number of piperazine rings is 1. The van der Waals surface area contributed by atoms with Gasteiger partial charge in [0.25, 0.3) is 11.6 Å². The molecular formula is C15H16FN5O3. The van der Waals surface area contributed by atoms with E-state index < -0.39 is 16.6 Å². The summed E-state index contributed by atoms with van der Waals surface area (Å²) >= 11 is 0. The molecule has 0 aliphatic carbocycles. The van der Waals surface area contributed by atoms with Crippen molar-refractivity contribution in [1.82, 2.24) is 14.7 Å². The van der Waals surface area contributed by atoms with Gasteiger partial charge in [-0.15, -0.1) is 0 Å². The van der Waals surface area contributed by atoms with Crippen LogP contribution in [0.5, 0.6) is 0 Å². The van der Waals surface area contributed by atoms with Gasteiger partial charge in [0, 0.05) is 45.5 Å². The zero-order chi connectivity index (χ0) is 17.3. The third-order valence-corrected chi connectivity index (χ3v) is 4.02. The summed E-state index contributed by atoms with van der Waals surface area (Å²) in [5.41, 5.74) is 0.465. The highest BCUT2D eigenvalue weighted by atomic mass is 19.1. The van der Waals surface area contributed by atoms with Crippen LogP contribution >= 0.6 is 0 Å². The number of nitro benzene ring substituents is 1. The van der Waals surface area contributed by atoms with E-state index in [1.807, 2.05) is 13.2 Å². The average Bonchev–Trinajstić information content (AvgIpc) is 3.00. The first-order chi connectivity index (χ1) is 11.5. The number of halogens is 1. The number of aromatic nitrogens is 2. The predicted octanol–water partition coefficient (Wildman–Crippen LogP) is 1.43. The molecule has 0 bridgehead atoms. The summed E-state index contributed by atoms with van der Waals surface area (Å²) in [6.07, 6.45) is 3.65. The van der Waals surface area contributed by atoms with Crippen LogP contribution < -0.4 is 4.90 Å². The Labute approximate surface area is 137 Å². The van der Waals surface area contributed by atoms with Crippen molar-refractivity contribution in [3.8, 4) is 0 Å². The molecule has 1 saturated heterocycles. The van der Waals surface area contributed by atoms with Gasteiger partial charge in [-0.05, 0) is 6.07 Å². The molecule has 0 radical (unpaired) electrons. The van der Waals surface area contributed by atoms with Crippen LogP contribution in [0.2, 0.25) is 0 Å². The topological polar surface area (TPSA) is 84.5 Å². The average molecular weight is 333 g/mol. The highest BCUT2D eigenvalue weighted by Crippen LogP contribution is 2.20. The number of carbonyl (C=O) groups excluding carboxylic acids is 1. The molecule has 0 unspecified atom stereocenters. The number of amides is 1. The maximum absolute atomic E-state index is 14.0. The first-order valence-electron chi connectivity index (χ1n) is 7.42. The van der Waals surface area contributed by atoms with Gasteiger partial charge in [-0.3, -0.25) is 19.6 Å². The minimum atomic E-state index is -0.871. The molecule has 1 fully saturated rings. The van der Waals surface area contributed by atoms with Crippen molar-refractivity contribution < 1.29 is 14.1 Å². The van der Waals surface area contributed by atoms with Gasteiger partial charge in [0.15, 0.2) is 0 Å². The number of aryl methyl sites for hydroxylation is 1. The molecule has 3 rings (SSSR count). The normalized spacial score (nSPS) is 14.8. The van der Waals surface area contributed by atoms with Crippen LogP contribution in [0.4, 0.5) is 15.8 Å². The minimum Gasteiger partial charge on any atom is -0.365 e. The van der Waals surface area contributed by atoms with E-state index in [4.69, 9.17) is 0 Å². The van der Waals surface area contributed by atoms with E-state index in [1.54, 1.807) is 15.8 Å². The standard InChI is InChI=1S/C15H16FN5O3/c1-18-10-12(9-17-18)19-4-6-20(7-5-19)15(22)13-3-2-11(21(23)24)8-14(13)16/h2-3,8-10H,4-7H2,1H3. The first kappa shape index (κ1) is 15.9. The second-order valence-corrected chi connectivity index (χ2v) is 5.57. The summed E-state index contributed by atoms with van der Waals surface area (Å²) in [7, 11) is 1.83. The Morgan fingerprint density at radius 2 is 2.00 bits per heavy atom. The highest BCUT2D eigenvalue weighted by molar-refractivity contribution is 5.95. The molecule has 24 heavy (non-hydrogen) atoms. The van der Waals surface area contributed by atoms with Crippen LogP contribution in [0.25, 0.3) is 0 Å². The first-order valence-corrected chi connectivity index (χ1v) is 7.42. The summed E-state index contributed by atoms with van der Waals surface area (Å²) in [5.74, 6) is -1.32. The van der Waals surface area contributed by atoms with Gasteiger partial charge in [0.05, 0.1) is 28.4 Å². The molecule has 2 heterocycles. The molecule has 1 amide bonds. The number of hydrogen-bond donors (Lipinski definition) is 0. The molecule has 1 aromatic heterocycles. The third kappa shape index (κ3) is 3.05. The highest BCUT2D eigenvalue weighted by Gasteiger charge is 2.25. The van der Waals surface area contributed by atoms with Crippen LogP contribution in [0.1, 0.15) is 10.4 Å². The number of carbonyl (C=O) groups is 1. The van der Waals surface area contributed by atoms with Gasteiger partial charge in [-0.2, -0.15) is 5.10 Å². The van der Waals surface area contributed by atoms with Gasteiger partial charge in [-0.1, -0.05) is 0 Å². The fraction of sp³-hybridized carbons (Fsp3) is 0.333. The number of nitro groups is 1. The number of benzene rings is 1. The molecule has 2 aromatic rings. The number of hydrogen-bond acceptors (Lipinski definition) is 5. The fourth-order valence-electron chi connectivity index (χ4n) is 2.70. The number of rotatable bonds is 3. The van der Waals surface area contributed by atoms with Gasteiger partial charge >= 0.3 is 0 Å². The quantitative estimate of drug-likeness (QED) is 0.627. The number of anilines is 1. The van der Waals surface area contributed by atoms with E-state index in [1.165, 1.54) is 6.07 Å². The zero-order valence-electron chi connectivity index (χ0n) is 13.1. The van der Waals surface area contributed by atoms with Crippen molar-refractivity contribution in [2.75, 3.05) is 31.1 Å². The van der Waals surface area contributed by atoms with E-state index in [0.29, 0.717) is 26.2 Å². The van der Waals surface area contributed by atoms with Crippen LogP contribution in [0.3, 0.4) is 0 Å². The van der Waals surface area contributed by atoms with Crippen molar-refractivity contribution >= 4 is 17.3 Å². The molecule has 1 aliphatic rings. The predicted molar refractivity (Wildman–Crippen MR) is 84.4 cm³/mol. The number of nitrogens with zero attached hydrogens (tertiary/aromatic N) is 5. The zero-order valence-corrected chi connectivity index (χ0v) is 13.1. The van der Waals surface area contributed by atoms with Crippen LogP contribution in [-0.4, -0.2) is 51.7 Å². The summed E-state index contributed by atoms with van der Waals surface area (Å²) in [5, 5.41) is 14.8. The molecule has 0 saturated carbocycles. The summed E-state index contributed by atoms with van der Waals surface area (Å²) in [4.78, 5) is 26.0. The van der Waals surface area contributed by atoms with E-state index in [2.05, 4.69) is 10.00 Å². The summed E-state index contributed by atoms with van der Waals surface area (Å²) in [6, 6.07) is 3.09. The molecule has 1 aliphatic heterocycles. The Morgan fingerprint density at radius 1 is 1.29 bits per heavy atom. The lowest BCUT2D eigenvalue weighted by Crippen LogP contribution is -2.48. The SMILES string of the molecule is Cn1cc(N2CCN(C(=O)c3ccc([N+](=O)[O-])cc3F)CC2)cn1. The molecule has 9 heteroatoms. The summed E-state index contributed by atoms with van der Waals surface area (Å²) < 4.78 is 15.7. The van der Waals surface area contributed by atoms with E-state index in [9.17, 15) is 19.3 Å². The molecular weight excluding hydrogens is 317 g/mol. The maximum Gasteiger partial charge on any atom is 0.272 e. The Balaban J connectivity index is 1.68. The summed E-state index contributed by atoms with van der Waals surface area (Å²) in [6.45, 7) is 2.13. The Morgan fingerprint density at radius 3 is 2.54 bits per heavy atom. The number of non-ortho nitro benzene ring substituents is 1. The van der Waals surface area contributed by atoms with Crippen LogP contribution in [-0.2, 0) is 7.05 Å². The minimum absolute atomic E-state index is 0.143. The lowest BCUT2D eigenvalue weighted by Gasteiger charge is -2.35. The van der Waals surface area contributed by atoms with Crippen molar-refractivity contribution in [2.45, 2.75) is 0 Å². The van der Waals surface area contributed by atoms with Gasteiger partial charge in [-0.25, -0.2) is 4.39 Å². The Bertz CT molecular complexity index is 783. The van der Waals surface area contributed by atoms with Gasteiger partial charge < -0.3 is 9.80 Å². The molecule has 0 N–H and O–H groups in total. The van der Waals surface area contributed by atoms with Crippen LogP contribution in [0, 0.1) is 15.9 Å². The lowest BCUT2D eigenvalue weighted by atomic mass is 10.1. The molecule has 8 nitrogen and oxygen atoms in total. The lowest BCUT2D eigenvalue weighted by molar-refractivity contribution is -0.385. The van der Waals surface area contributed by atoms with Gasteiger partial charge in [0.2, 0.25) is 0 Å². The monoisotopic (exact) mass is 333 g/mol.